The number of carbonyl (C=O) groups is 1. The Hall–Kier alpha value is -0.660. The van der Waals surface area contributed by atoms with Gasteiger partial charge in [-0.3, -0.25) is 9.69 Å². The highest BCUT2D eigenvalue weighted by atomic mass is 32.2. The lowest BCUT2D eigenvalue weighted by atomic mass is 10.2. The Morgan fingerprint density at radius 1 is 1.40 bits per heavy atom. The number of morpholine rings is 1. The maximum absolute atomic E-state index is 12.1. The Labute approximate surface area is 121 Å². The van der Waals surface area contributed by atoms with Gasteiger partial charge in [-0.15, -0.1) is 0 Å². The second-order valence-electron chi connectivity index (χ2n) is 5.58. The Balaban J connectivity index is 2.55. The van der Waals surface area contributed by atoms with Crippen molar-refractivity contribution in [2.75, 3.05) is 38.3 Å². The molecule has 0 amide bonds. The lowest BCUT2D eigenvalue weighted by Crippen LogP contribution is -2.48. The SMILES string of the molecule is COC(=O)C(C)CS(=O)(=O)CC1CN(C(C)C)CCO1. The number of esters is 1. The number of methoxy groups -OCH3 is 1. The van der Waals surface area contributed by atoms with Crippen molar-refractivity contribution < 1.29 is 22.7 Å². The number of sulfone groups is 1. The van der Waals surface area contributed by atoms with Crippen LogP contribution in [-0.2, 0) is 24.1 Å². The van der Waals surface area contributed by atoms with Gasteiger partial charge in [-0.2, -0.15) is 0 Å². The fraction of sp³-hybridized carbons (Fsp3) is 0.923. The molecular weight excluding hydrogens is 282 g/mol. The van der Waals surface area contributed by atoms with Crippen LogP contribution >= 0.6 is 0 Å². The van der Waals surface area contributed by atoms with E-state index >= 15 is 0 Å². The lowest BCUT2D eigenvalue weighted by molar-refractivity contribution is -0.144. The van der Waals surface area contributed by atoms with Crippen LogP contribution in [0.5, 0.6) is 0 Å². The van der Waals surface area contributed by atoms with E-state index in [2.05, 4.69) is 23.5 Å². The molecule has 2 unspecified atom stereocenters. The highest BCUT2D eigenvalue weighted by molar-refractivity contribution is 7.91. The molecule has 118 valence electrons. The quantitative estimate of drug-likeness (QED) is 0.658. The molecule has 0 aromatic rings. The molecule has 1 aliphatic rings. The van der Waals surface area contributed by atoms with Crippen molar-refractivity contribution >= 4 is 15.8 Å². The van der Waals surface area contributed by atoms with Crippen molar-refractivity contribution in [3.63, 3.8) is 0 Å². The number of hydrogen-bond donors (Lipinski definition) is 0. The minimum absolute atomic E-state index is 0.0441. The van der Waals surface area contributed by atoms with Gasteiger partial charge >= 0.3 is 5.97 Å². The zero-order valence-electron chi connectivity index (χ0n) is 12.7. The van der Waals surface area contributed by atoms with Gasteiger partial charge in [-0.05, 0) is 13.8 Å². The van der Waals surface area contributed by atoms with Gasteiger partial charge in [0.1, 0.15) is 0 Å². The van der Waals surface area contributed by atoms with Crippen molar-refractivity contribution in [1.29, 1.82) is 0 Å². The third-order valence-corrected chi connectivity index (χ3v) is 5.34. The summed E-state index contributed by atoms with van der Waals surface area (Å²) in [5, 5.41) is 0. The van der Waals surface area contributed by atoms with E-state index in [-0.39, 0.29) is 17.6 Å². The number of rotatable bonds is 6. The van der Waals surface area contributed by atoms with E-state index in [4.69, 9.17) is 4.74 Å². The summed E-state index contributed by atoms with van der Waals surface area (Å²) in [6.45, 7) is 7.71. The van der Waals surface area contributed by atoms with Crippen LogP contribution in [0.15, 0.2) is 0 Å². The van der Waals surface area contributed by atoms with Crippen molar-refractivity contribution in [1.82, 2.24) is 4.90 Å². The highest BCUT2D eigenvalue weighted by Crippen LogP contribution is 2.13. The van der Waals surface area contributed by atoms with Gasteiger partial charge in [0, 0.05) is 19.1 Å². The van der Waals surface area contributed by atoms with E-state index in [9.17, 15) is 13.2 Å². The average Bonchev–Trinajstić information content (AvgIpc) is 2.36. The smallest absolute Gasteiger partial charge is 0.309 e. The molecule has 0 aliphatic carbocycles. The lowest BCUT2D eigenvalue weighted by Gasteiger charge is -2.35. The van der Waals surface area contributed by atoms with E-state index < -0.39 is 21.7 Å². The maximum atomic E-state index is 12.1. The molecule has 1 rings (SSSR count). The highest BCUT2D eigenvalue weighted by Gasteiger charge is 2.29. The Bertz CT molecular complexity index is 420. The molecule has 0 radical (unpaired) electrons. The van der Waals surface area contributed by atoms with Crippen LogP contribution in [-0.4, -0.2) is 69.7 Å². The van der Waals surface area contributed by atoms with Gasteiger partial charge in [0.2, 0.25) is 0 Å². The zero-order chi connectivity index (χ0) is 15.3. The molecule has 6 nitrogen and oxygen atoms in total. The van der Waals surface area contributed by atoms with Crippen LogP contribution in [0.1, 0.15) is 20.8 Å². The molecular formula is C13H25NO5S. The molecule has 1 heterocycles. The molecule has 1 fully saturated rings. The summed E-state index contributed by atoms with van der Waals surface area (Å²) in [7, 11) is -2.08. The predicted octanol–water partition coefficient (Wildman–Crippen LogP) is 0.320. The van der Waals surface area contributed by atoms with Gasteiger partial charge in [-0.25, -0.2) is 8.42 Å². The zero-order valence-corrected chi connectivity index (χ0v) is 13.5. The van der Waals surface area contributed by atoms with Gasteiger partial charge in [-0.1, -0.05) is 6.92 Å². The number of hydrogen-bond acceptors (Lipinski definition) is 6. The van der Waals surface area contributed by atoms with Crippen LogP contribution in [0.25, 0.3) is 0 Å². The molecule has 7 heteroatoms. The van der Waals surface area contributed by atoms with Crippen LogP contribution in [0.4, 0.5) is 0 Å². The molecule has 0 saturated carbocycles. The Morgan fingerprint density at radius 2 is 2.05 bits per heavy atom. The topological polar surface area (TPSA) is 72.9 Å². The first-order valence-electron chi connectivity index (χ1n) is 6.89. The van der Waals surface area contributed by atoms with E-state index in [0.717, 1.165) is 6.54 Å². The second-order valence-corrected chi connectivity index (χ2v) is 7.74. The molecule has 0 aromatic carbocycles. The fourth-order valence-electron chi connectivity index (χ4n) is 2.31. The molecule has 0 aromatic heterocycles. The van der Waals surface area contributed by atoms with Crippen molar-refractivity contribution in [3.8, 4) is 0 Å². The number of carbonyl (C=O) groups excluding carboxylic acids is 1. The molecule has 1 aliphatic heterocycles. The third-order valence-electron chi connectivity index (χ3n) is 3.45. The molecule has 0 N–H and O–H groups in total. The van der Waals surface area contributed by atoms with E-state index in [1.807, 2.05) is 0 Å². The second kappa shape index (κ2) is 7.38. The van der Waals surface area contributed by atoms with Crippen molar-refractivity contribution in [2.45, 2.75) is 32.9 Å². The summed E-state index contributed by atoms with van der Waals surface area (Å²) in [4.78, 5) is 13.5. The Morgan fingerprint density at radius 3 is 2.60 bits per heavy atom. The first-order chi connectivity index (χ1) is 9.25. The minimum atomic E-state index is -3.34. The molecule has 20 heavy (non-hydrogen) atoms. The fourth-order valence-corrected chi connectivity index (χ4v) is 4.12. The number of nitrogens with zero attached hydrogens (tertiary/aromatic N) is 1. The predicted molar refractivity (Wildman–Crippen MR) is 76.3 cm³/mol. The third kappa shape index (κ3) is 5.38. The first-order valence-corrected chi connectivity index (χ1v) is 8.71. The number of ether oxygens (including phenoxy) is 2. The summed E-state index contributed by atoms with van der Waals surface area (Å²) < 4.78 is 34.3. The minimum Gasteiger partial charge on any atom is -0.469 e. The molecule has 0 bridgehead atoms. The van der Waals surface area contributed by atoms with Crippen molar-refractivity contribution in [3.05, 3.63) is 0 Å². The monoisotopic (exact) mass is 307 g/mol. The van der Waals surface area contributed by atoms with Crippen molar-refractivity contribution in [2.24, 2.45) is 5.92 Å². The summed E-state index contributed by atoms with van der Waals surface area (Å²) in [5.41, 5.74) is 0. The molecule has 0 spiro atoms. The van der Waals surface area contributed by atoms with Crippen LogP contribution < -0.4 is 0 Å². The molecule has 1 saturated heterocycles. The van der Waals surface area contributed by atoms with Crippen LogP contribution in [0.3, 0.4) is 0 Å². The first kappa shape index (κ1) is 17.4. The molecule has 2 atom stereocenters. The summed E-state index contributed by atoms with van der Waals surface area (Å²) in [6, 6.07) is 0.373. The van der Waals surface area contributed by atoms with E-state index in [0.29, 0.717) is 19.2 Å². The van der Waals surface area contributed by atoms with Crippen LogP contribution in [0.2, 0.25) is 0 Å². The largest absolute Gasteiger partial charge is 0.469 e. The Kier molecular flexibility index (Phi) is 6.42. The van der Waals surface area contributed by atoms with E-state index in [1.165, 1.54) is 7.11 Å². The summed E-state index contributed by atoms with van der Waals surface area (Å²) in [5.74, 6) is -1.38. The van der Waals surface area contributed by atoms with Crippen LogP contribution in [0, 0.1) is 5.92 Å². The average molecular weight is 307 g/mol. The van der Waals surface area contributed by atoms with E-state index in [1.54, 1.807) is 6.92 Å². The summed E-state index contributed by atoms with van der Waals surface area (Å²) in [6.07, 6.45) is -0.319. The maximum Gasteiger partial charge on any atom is 0.309 e. The van der Waals surface area contributed by atoms with Gasteiger partial charge < -0.3 is 9.47 Å². The van der Waals surface area contributed by atoms with Gasteiger partial charge in [0.25, 0.3) is 0 Å². The standard InChI is InChI=1S/C13H25NO5S/c1-10(2)14-5-6-19-12(7-14)9-20(16,17)8-11(3)13(15)18-4/h10-12H,5-9H2,1-4H3. The summed E-state index contributed by atoms with van der Waals surface area (Å²) >= 11 is 0. The van der Waals surface area contributed by atoms with Gasteiger partial charge in [0.05, 0.1) is 37.2 Å². The van der Waals surface area contributed by atoms with Gasteiger partial charge in [0.15, 0.2) is 9.84 Å². The normalized spacial score (nSPS) is 22.8.